The number of fused-ring (bicyclic) bond motifs is 1. The minimum Gasteiger partial charge on any atom is -0.512 e. The van der Waals surface area contributed by atoms with Crippen molar-refractivity contribution in [1.29, 1.82) is 0 Å². The van der Waals surface area contributed by atoms with E-state index in [9.17, 15) is 10.2 Å². The van der Waals surface area contributed by atoms with Gasteiger partial charge in [0.1, 0.15) is 17.2 Å². The summed E-state index contributed by atoms with van der Waals surface area (Å²) in [5, 5.41) is 21.0. The zero-order chi connectivity index (χ0) is 23.2. The average molecular weight is 631 g/mol. The average Bonchev–Trinajstić information content (AvgIpc) is 3.18. The van der Waals surface area contributed by atoms with Gasteiger partial charge in [-0.25, -0.2) is 0 Å². The fraction of sp³-hybridized carbons (Fsp3) is 0.143. The standard InChI is InChI=1S/C28H25N3O2.Pt/c1-28(2,3)19-16-21(20-10-4-8-14-25(20)32)29-27(17-19)31-18-30(22-11-5-6-12-23(22)31)24-13-7-9-15-26(24)33;/h4-17,32-33H,1-3H3;. The Kier molecular flexibility index (Phi) is 6.33. The zero-order valence-electron chi connectivity index (χ0n) is 19.1. The van der Waals surface area contributed by atoms with Gasteiger partial charge in [0, 0.05) is 32.1 Å². The van der Waals surface area contributed by atoms with Crippen molar-refractivity contribution >= 4 is 11.0 Å². The van der Waals surface area contributed by atoms with Crippen molar-refractivity contribution in [3.05, 3.63) is 96.8 Å². The minimum absolute atomic E-state index is 0. The largest absolute Gasteiger partial charge is 0.512 e. The predicted octanol–water partition coefficient (Wildman–Crippen LogP) is 5.48. The van der Waals surface area contributed by atoms with Crippen LogP contribution in [0.3, 0.4) is 0 Å². The normalized spacial score (nSPS) is 11.4. The molecule has 0 radical (unpaired) electrons. The molecule has 0 aliphatic carbocycles. The summed E-state index contributed by atoms with van der Waals surface area (Å²) in [6.07, 6.45) is 3.38. The molecule has 3 aromatic carbocycles. The van der Waals surface area contributed by atoms with Crippen molar-refractivity contribution in [2.75, 3.05) is 0 Å². The molecule has 0 bridgehead atoms. The summed E-state index contributed by atoms with van der Waals surface area (Å²) < 4.78 is 3.75. The molecule has 174 valence electrons. The molecule has 2 N–H and O–H groups in total. The number of imidazole rings is 1. The van der Waals surface area contributed by atoms with Crippen molar-refractivity contribution in [3.63, 3.8) is 0 Å². The van der Waals surface area contributed by atoms with Crippen LogP contribution in [0.1, 0.15) is 26.3 Å². The number of aromatic nitrogens is 3. The molecule has 0 saturated heterocycles. The molecule has 5 rings (SSSR count). The number of para-hydroxylation sites is 5. The van der Waals surface area contributed by atoms with E-state index >= 15 is 0 Å². The Morgan fingerprint density at radius 1 is 0.824 bits per heavy atom. The van der Waals surface area contributed by atoms with Gasteiger partial charge in [0.15, 0.2) is 6.33 Å². The Morgan fingerprint density at radius 2 is 1.47 bits per heavy atom. The van der Waals surface area contributed by atoms with Crippen LogP contribution in [0.5, 0.6) is 11.5 Å². The maximum atomic E-state index is 10.5. The second-order valence-corrected chi connectivity index (χ2v) is 9.11. The van der Waals surface area contributed by atoms with E-state index in [1.54, 1.807) is 24.3 Å². The number of aromatic hydroxyl groups is 2. The van der Waals surface area contributed by atoms with Crippen LogP contribution in [-0.2, 0) is 26.5 Å². The first-order valence-electron chi connectivity index (χ1n) is 10.9. The number of hydrogen-bond donors (Lipinski definition) is 2. The molecule has 2 aromatic heterocycles. The monoisotopic (exact) mass is 630 g/mol. The van der Waals surface area contributed by atoms with Crippen LogP contribution in [0.4, 0.5) is 0 Å². The molecule has 5 nitrogen and oxygen atoms in total. The molecule has 0 aliphatic rings. The third kappa shape index (κ3) is 4.24. The number of rotatable bonds is 3. The molecule has 34 heavy (non-hydrogen) atoms. The Bertz CT molecular complexity index is 1490. The zero-order valence-corrected chi connectivity index (χ0v) is 21.4. The summed E-state index contributed by atoms with van der Waals surface area (Å²) in [5.74, 6) is 1.05. The SMILES string of the molecule is CC(C)(C)c1cc(-c2ccccc2O)nc(-[n+]2[c-]n(-c3ccccc3O)c3ccccc32)c1.[Pt]. The van der Waals surface area contributed by atoms with Crippen molar-refractivity contribution in [2.45, 2.75) is 26.2 Å². The van der Waals surface area contributed by atoms with Crippen LogP contribution in [0.15, 0.2) is 84.9 Å². The first-order chi connectivity index (χ1) is 15.8. The van der Waals surface area contributed by atoms with Crippen LogP contribution in [0.25, 0.3) is 33.8 Å². The van der Waals surface area contributed by atoms with E-state index in [0.717, 1.165) is 16.6 Å². The number of benzene rings is 3. The van der Waals surface area contributed by atoms with E-state index in [4.69, 9.17) is 4.98 Å². The van der Waals surface area contributed by atoms with Gasteiger partial charge in [-0.15, -0.1) is 4.98 Å². The molecule has 5 aromatic rings. The molecule has 0 fully saturated rings. The Morgan fingerprint density at radius 3 is 2.18 bits per heavy atom. The predicted molar refractivity (Wildman–Crippen MR) is 129 cm³/mol. The van der Waals surface area contributed by atoms with Gasteiger partial charge in [-0.05, 0) is 41.3 Å². The maximum Gasteiger partial charge on any atom is 0.203 e. The maximum absolute atomic E-state index is 10.5. The summed E-state index contributed by atoms with van der Waals surface area (Å²) in [5.41, 5.74) is 4.76. The smallest absolute Gasteiger partial charge is 0.203 e. The van der Waals surface area contributed by atoms with Gasteiger partial charge in [0.2, 0.25) is 5.82 Å². The molecule has 0 amide bonds. The van der Waals surface area contributed by atoms with Gasteiger partial charge in [-0.1, -0.05) is 75.4 Å². The van der Waals surface area contributed by atoms with Crippen LogP contribution < -0.4 is 4.57 Å². The van der Waals surface area contributed by atoms with Crippen LogP contribution >= 0.6 is 0 Å². The summed E-state index contributed by atoms with van der Waals surface area (Å²) in [4.78, 5) is 4.92. The fourth-order valence-electron chi connectivity index (χ4n) is 3.95. The molecule has 0 atom stereocenters. The van der Waals surface area contributed by atoms with E-state index in [2.05, 4.69) is 33.2 Å². The van der Waals surface area contributed by atoms with Gasteiger partial charge in [0.25, 0.3) is 0 Å². The molecule has 6 heteroatoms. The molecule has 0 saturated carbocycles. The number of phenolic OH excluding ortho intramolecular Hbond substituents is 2. The van der Waals surface area contributed by atoms with E-state index in [1.165, 1.54) is 0 Å². The Labute approximate surface area is 213 Å². The second kappa shape index (κ2) is 9.07. The number of phenols is 2. The number of hydrogen-bond acceptors (Lipinski definition) is 3. The van der Waals surface area contributed by atoms with Gasteiger partial charge < -0.3 is 14.8 Å². The number of pyridine rings is 1. The molecule has 0 spiro atoms. The molecular weight excluding hydrogens is 605 g/mol. The van der Waals surface area contributed by atoms with Crippen molar-refractivity contribution in [1.82, 2.24) is 9.55 Å². The summed E-state index contributed by atoms with van der Waals surface area (Å²) in [6.45, 7) is 6.46. The van der Waals surface area contributed by atoms with Crippen molar-refractivity contribution in [2.24, 2.45) is 0 Å². The van der Waals surface area contributed by atoms with Crippen molar-refractivity contribution < 1.29 is 35.8 Å². The molecule has 2 heterocycles. The second-order valence-electron chi connectivity index (χ2n) is 9.11. The Balaban J connectivity index is 0.00000274. The van der Waals surface area contributed by atoms with Crippen LogP contribution in [0, 0.1) is 6.33 Å². The molecule has 0 aliphatic heterocycles. The summed E-state index contributed by atoms with van der Waals surface area (Å²) >= 11 is 0. The molecular formula is C28H25N3O2Pt. The van der Waals surface area contributed by atoms with Crippen LogP contribution in [-0.4, -0.2) is 19.8 Å². The summed E-state index contributed by atoms with van der Waals surface area (Å²) in [7, 11) is 0. The van der Waals surface area contributed by atoms with Crippen molar-refractivity contribution in [3.8, 4) is 34.3 Å². The number of nitrogens with zero attached hydrogens (tertiary/aromatic N) is 3. The third-order valence-electron chi connectivity index (χ3n) is 5.77. The van der Waals surface area contributed by atoms with Gasteiger partial charge >= 0.3 is 0 Å². The first kappa shape index (κ1) is 23.7. The van der Waals surface area contributed by atoms with Crippen LogP contribution in [0.2, 0.25) is 0 Å². The quantitative estimate of drug-likeness (QED) is 0.205. The minimum atomic E-state index is -0.131. The molecule has 0 unspecified atom stereocenters. The fourth-order valence-corrected chi connectivity index (χ4v) is 3.95. The summed E-state index contributed by atoms with van der Waals surface area (Å²) in [6, 6.07) is 26.5. The first-order valence-corrected chi connectivity index (χ1v) is 10.9. The topological polar surface area (TPSA) is 62.2 Å². The van der Waals surface area contributed by atoms with E-state index in [1.807, 2.05) is 63.7 Å². The van der Waals surface area contributed by atoms with Gasteiger partial charge in [-0.3, -0.25) is 4.57 Å². The van der Waals surface area contributed by atoms with E-state index in [0.29, 0.717) is 22.8 Å². The Hall–Kier alpha value is -3.43. The van der Waals surface area contributed by atoms with E-state index in [-0.39, 0.29) is 38.0 Å². The van der Waals surface area contributed by atoms with E-state index < -0.39 is 0 Å². The third-order valence-corrected chi connectivity index (χ3v) is 5.77. The van der Waals surface area contributed by atoms with Gasteiger partial charge in [0.05, 0.1) is 11.3 Å². The van der Waals surface area contributed by atoms with Gasteiger partial charge in [-0.2, -0.15) is 0 Å².